The lowest BCUT2D eigenvalue weighted by atomic mass is 9.92. The second-order valence-corrected chi connectivity index (χ2v) is 5.53. The molecule has 3 aliphatic rings. The number of piperazine rings is 1. The second-order valence-electron chi connectivity index (χ2n) is 5.53. The minimum Gasteiger partial charge on any atom is -0.373 e. The summed E-state index contributed by atoms with van der Waals surface area (Å²) in [6, 6.07) is 2.03. The van der Waals surface area contributed by atoms with Crippen LogP contribution in [0.2, 0.25) is 0 Å². The quantitative estimate of drug-likeness (QED) is 0.698. The third kappa shape index (κ3) is 1.71. The maximum Gasteiger partial charge on any atom is 0.0736 e. The molecule has 3 heteroatoms. The molecule has 0 amide bonds. The Morgan fingerprint density at radius 1 is 1.27 bits per heavy atom. The molecule has 1 N–H and O–H groups in total. The SMILES string of the molecule is CC1CN(C2CC3CCC2O3)C(C)CN1. The molecule has 3 nitrogen and oxygen atoms in total. The Bertz CT molecular complexity index is 246. The molecule has 86 valence electrons. The van der Waals surface area contributed by atoms with Gasteiger partial charge in [-0.2, -0.15) is 0 Å². The van der Waals surface area contributed by atoms with Crippen LogP contribution < -0.4 is 5.32 Å². The first kappa shape index (κ1) is 10.1. The molecule has 3 saturated heterocycles. The van der Waals surface area contributed by atoms with Crippen LogP contribution in [-0.4, -0.2) is 48.3 Å². The highest BCUT2D eigenvalue weighted by Crippen LogP contribution is 2.38. The van der Waals surface area contributed by atoms with Crippen molar-refractivity contribution in [1.82, 2.24) is 10.2 Å². The molecule has 0 aliphatic carbocycles. The van der Waals surface area contributed by atoms with Crippen molar-refractivity contribution in [2.24, 2.45) is 0 Å². The number of ether oxygens (including phenoxy) is 1. The first-order valence-electron chi connectivity index (χ1n) is 6.38. The van der Waals surface area contributed by atoms with E-state index in [0.717, 1.165) is 6.54 Å². The number of nitrogens with zero attached hydrogens (tertiary/aromatic N) is 1. The molecular formula is C12H22N2O. The maximum atomic E-state index is 5.96. The summed E-state index contributed by atoms with van der Waals surface area (Å²) in [6.45, 7) is 6.95. The lowest BCUT2D eigenvalue weighted by Gasteiger charge is -2.43. The van der Waals surface area contributed by atoms with Gasteiger partial charge >= 0.3 is 0 Å². The third-order valence-corrected chi connectivity index (χ3v) is 4.31. The zero-order valence-corrected chi connectivity index (χ0v) is 9.78. The number of fused-ring (bicyclic) bond motifs is 2. The van der Waals surface area contributed by atoms with Crippen LogP contribution in [0.5, 0.6) is 0 Å². The van der Waals surface area contributed by atoms with Crippen molar-refractivity contribution in [3.63, 3.8) is 0 Å². The number of hydrogen-bond acceptors (Lipinski definition) is 3. The Balaban J connectivity index is 1.70. The lowest BCUT2D eigenvalue weighted by molar-refractivity contribution is 0.0378. The van der Waals surface area contributed by atoms with E-state index in [-0.39, 0.29) is 0 Å². The zero-order chi connectivity index (χ0) is 10.4. The Morgan fingerprint density at radius 2 is 2.13 bits per heavy atom. The summed E-state index contributed by atoms with van der Waals surface area (Å²) in [7, 11) is 0. The summed E-state index contributed by atoms with van der Waals surface area (Å²) in [5.41, 5.74) is 0. The van der Waals surface area contributed by atoms with E-state index in [1.54, 1.807) is 0 Å². The highest BCUT2D eigenvalue weighted by molar-refractivity contribution is 4.98. The molecule has 5 atom stereocenters. The predicted molar refractivity (Wildman–Crippen MR) is 59.9 cm³/mol. The number of nitrogens with one attached hydrogen (secondary N) is 1. The lowest BCUT2D eigenvalue weighted by Crippen LogP contribution is -2.59. The van der Waals surface area contributed by atoms with E-state index in [1.807, 2.05) is 0 Å². The average molecular weight is 210 g/mol. The minimum absolute atomic E-state index is 0.544. The van der Waals surface area contributed by atoms with Crippen molar-refractivity contribution in [2.45, 2.75) is 63.4 Å². The molecule has 0 spiro atoms. The molecule has 0 aromatic carbocycles. The van der Waals surface area contributed by atoms with E-state index in [2.05, 4.69) is 24.1 Å². The van der Waals surface area contributed by atoms with Crippen LogP contribution in [0.25, 0.3) is 0 Å². The predicted octanol–water partition coefficient (Wildman–Crippen LogP) is 0.988. The van der Waals surface area contributed by atoms with Crippen LogP contribution in [0.1, 0.15) is 33.1 Å². The van der Waals surface area contributed by atoms with Gasteiger partial charge in [-0.15, -0.1) is 0 Å². The van der Waals surface area contributed by atoms with Crippen LogP contribution in [0.3, 0.4) is 0 Å². The molecule has 5 unspecified atom stereocenters. The molecule has 3 fully saturated rings. The Hall–Kier alpha value is -0.120. The van der Waals surface area contributed by atoms with E-state index >= 15 is 0 Å². The second kappa shape index (κ2) is 3.72. The van der Waals surface area contributed by atoms with Gasteiger partial charge in [0, 0.05) is 31.2 Å². The molecule has 0 aromatic rings. The molecule has 0 saturated carbocycles. The summed E-state index contributed by atoms with van der Waals surface area (Å²) in [5, 5.41) is 3.55. The summed E-state index contributed by atoms with van der Waals surface area (Å²) in [4.78, 5) is 2.69. The molecule has 3 aliphatic heterocycles. The smallest absolute Gasteiger partial charge is 0.0736 e. The molecule has 0 radical (unpaired) electrons. The summed E-state index contributed by atoms with van der Waals surface area (Å²) < 4.78 is 5.96. The largest absolute Gasteiger partial charge is 0.373 e. The summed E-state index contributed by atoms with van der Waals surface area (Å²) in [5.74, 6) is 0. The first-order chi connectivity index (χ1) is 7.24. The standard InChI is InChI=1S/C12H22N2O/c1-8-7-14(9(2)6-13-8)11-5-10-3-4-12(11)15-10/h8-13H,3-7H2,1-2H3. The fourth-order valence-corrected chi connectivity index (χ4v) is 3.47. The number of rotatable bonds is 1. The Labute approximate surface area is 92.2 Å². The van der Waals surface area contributed by atoms with Crippen molar-refractivity contribution in [1.29, 1.82) is 0 Å². The van der Waals surface area contributed by atoms with Gasteiger partial charge in [-0.25, -0.2) is 0 Å². The van der Waals surface area contributed by atoms with E-state index in [1.165, 1.54) is 25.8 Å². The van der Waals surface area contributed by atoms with Crippen LogP contribution in [0, 0.1) is 0 Å². The van der Waals surface area contributed by atoms with Gasteiger partial charge in [0.15, 0.2) is 0 Å². The highest BCUT2D eigenvalue weighted by atomic mass is 16.5. The topological polar surface area (TPSA) is 24.5 Å². The van der Waals surface area contributed by atoms with Crippen LogP contribution in [0.4, 0.5) is 0 Å². The van der Waals surface area contributed by atoms with Gasteiger partial charge in [0.2, 0.25) is 0 Å². The monoisotopic (exact) mass is 210 g/mol. The molecule has 3 heterocycles. The van der Waals surface area contributed by atoms with Crippen molar-refractivity contribution in [3.8, 4) is 0 Å². The van der Waals surface area contributed by atoms with Gasteiger partial charge in [-0.05, 0) is 33.1 Å². The number of hydrogen-bond donors (Lipinski definition) is 1. The fraction of sp³-hybridized carbons (Fsp3) is 1.00. The molecule has 15 heavy (non-hydrogen) atoms. The molecule has 3 rings (SSSR count). The summed E-state index contributed by atoms with van der Waals surface area (Å²) >= 11 is 0. The normalized spacial score (nSPS) is 51.2. The zero-order valence-electron chi connectivity index (χ0n) is 9.78. The first-order valence-corrected chi connectivity index (χ1v) is 6.38. The van der Waals surface area contributed by atoms with Crippen LogP contribution in [0.15, 0.2) is 0 Å². The van der Waals surface area contributed by atoms with E-state index in [4.69, 9.17) is 4.74 Å². The van der Waals surface area contributed by atoms with Crippen molar-refractivity contribution < 1.29 is 4.74 Å². The van der Waals surface area contributed by atoms with Crippen molar-refractivity contribution in [2.75, 3.05) is 13.1 Å². The van der Waals surface area contributed by atoms with Crippen LogP contribution in [-0.2, 0) is 4.74 Å². The van der Waals surface area contributed by atoms with Gasteiger partial charge in [0.05, 0.1) is 12.2 Å². The maximum absolute atomic E-state index is 5.96. The summed E-state index contributed by atoms with van der Waals surface area (Å²) in [6.07, 6.45) is 5.00. The molecule has 0 aromatic heterocycles. The third-order valence-electron chi connectivity index (χ3n) is 4.31. The van der Waals surface area contributed by atoms with E-state index < -0.39 is 0 Å². The molecule has 2 bridgehead atoms. The van der Waals surface area contributed by atoms with Gasteiger partial charge in [0.25, 0.3) is 0 Å². The van der Waals surface area contributed by atoms with E-state index in [9.17, 15) is 0 Å². The van der Waals surface area contributed by atoms with Crippen molar-refractivity contribution in [3.05, 3.63) is 0 Å². The van der Waals surface area contributed by atoms with Gasteiger partial charge in [0.1, 0.15) is 0 Å². The van der Waals surface area contributed by atoms with Crippen molar-refractivity contribution >= 4 is 0 Å². The highest BCUT2D eigenvalue weighted by Gasteiger charge is 2.45. The fourth-order valence-electron chi connectivity index (χ4n) is 3.47. The van der Waals surface area contributed by atoms with E-state index in [0.29, 0.717) is 30.3 Å². The Kier molecular flexibility index (Phi) is 2.49. The van der Waals surface area contributed by atoms with Gasteiger partial charge < -0.3 is 10.1 Å². The van der Waals surface area contributed by atoms with Crippen LogP contribution >= 0.6 is 0 Å². The van der Waals surface area contributed by atoms with Gasteiger partial charge in [-0.3, -0.25) is 4.90 Å². The molecular weight excluding hydrogens is 188 g/mol. The average Bonchev–Trinajstić information content (AvgIpc) is 2.83. The minimum atomic E-state index is 0.544. The van der Waals surface area contributed by atoms with Gasteiger partial charge in [-0.1, -0.05) is 0 Å². The Morgan fingerprint density at radius 3 is 2.80 bits per heavy atom.